The van der Waals surface area contributed by atoms with Crippen LogP contribution in [0.1, 0.15) is 36.4 Å². The molecule has 0 radical (unpaired) electrons. The zero-order valence-corrected chi connectivity index (χ0v) is 21.0. The van der Waals surface area contributed by atoms with Gasteiger partial charge in [0, 0.05) is 5.92 Å². The number of aromatic amines is 1. The summed E-state index contributed by atoms with van der Waals surface area (Å²) in [6.45, 7) is 0. The fourth-order valence-corrected chi connectivity index (χ4v) is 5.42. The first kappa shape index (κ1) is 23.9. The third-order valence-corrected chi connectivity index (χ3v) is 7.31. The molecule has 10 heteroatoms. The van der Waals surface area contributed by atoms with Crippen LogP contribution >= 0.6 is 11.8 Å². The Kier molecular flexibility index (Phi) is 6.95. The SMILES string of the molecule is COc1ccc(/C=C2/CCC[C@H]3C2=NN(C(=O)CSc2n[nH]c(N)n2)[C@@H]3c2ccc(OC)cc2)cc1. The Morgan fingerprint density at radius 3 is 2.47 bits per heavy atom. The predicted molar refractivity (Wildman–Crippen MR) is 140 cm³/mol. The number of nitrogens with one attached hydrogen (secondary N) is 1. The van der Waals surface area contributed by atoms with Crippen LogP contribution in [0.4, 0.5) is 5.95 Å². The van der Waals surface area contributed by atoms with Gasteiger partial charge in [-0.1, -0.05) is 36.0 Å². The Labute approximate surface area is 213 Å². The molecule has 1 amide bonds. The summed E-state index contributed by atoms with van der Waals surface area (Å²) in [5.74, 6) is 1.99. The van der Waals surface area contributed by atoms with Crippen LogP contribution in [-0.2, 0) is 4.79 Å². The number of methoxy groups -OCH3 is 2. The summed E-state index contributed by atoms with van der Waals surface area (Å²) in [5, 5.41) is 13.6. The van der Waals surface area contributed by atoms with Gasteiger partial charge < -0.3 is 15.2 Å². The van der Waals surface area contributed by atoms with Gasteiger partial charge in [0.25, 0.3) is 5.91 Å². The summed E-state index contributed by atoms with van der Waals surface area (Å²) in [7, 11) is 3.30. The molecule has 36 heavy (non-hydrogen) atoms. The van der Waals surface area contributed by atoms with Crippen molar-refractivity contribution in [2.75, 3.05) is 25.7 Å². The second-order valence-electron chi connectivity index (χ2n) is 8.67. The minimum absolute atomic E-state index is 0.102. The van der Waals surface area contributed by atoms with Crippen molar-refractivity contribution < 1.29 is 14.3 Å². The number of fused-ring (bicyclic) bond motifs is 1. The number of allylic oxidation sites excluding steroid dienone is 1. The number of hydrogen-bond acceptors (Lipinski definition) is 8. The molecule has 1 fully saturated rings. The maximum Gasteiger partial charge on any atom is 0.253 e. The molecule has 1 aliphatic carbocycles. The number of carbonyl (C=O) groups is 1. The molecular formula is C26H28N6O3S. The van der Waals surface area contributed by atoms with Crippen molar-refractivity contribution in [2.45, 2.75) is 30.5 Å². The number of nitrogen functional groups attached to an aromatic ring is 1. The molecule has 2 aromatic carbocycles. The van der Waals surface area contributed by atoms with E-state index in [1.165, 1.54) is 17.3 Å². The maximum absolute atomic E-state index is 13.5. The van der Waals surface area contributed by atoms with Crippen molar-refractivity contribution in [3.05, 3.63) is 65.2 Å². The van der Waals surface area contributed by atoms with E-state index in [1.807, 2.05) is 48.5 Å². The van der Waals surface area contributed by atoms with Crippen LogP contribution in [-0.4, -0.2) is 51.8 Å². The lowest BCUT2D eigenvalue weighted by Crippen LogP contribution is -2.32. The minimum Gasteiger partial charge on any atom is -0.497 e. The van der Waals surface area contributed by atoms with Crippen molar-refractivity contribution in [3.63, 3.8) is 0 Å². The number of hydrazone groups is 1. The van der Waals surface area contributed by atoms with E-state index >= 15 is 0 Å². The summed E-state index contributed by atoms with van der Waals surface area (Å²) in [4.78, 5) is 17.5. The van der Waals surface area contributed by atoms with Crippen LogP contribution in [0.5, 0.6) is 11.5 Å². The Morgan fingerprint density at radius 1 is 1.14 bits per heavy atom. The number of aromatic nitrogens is 3. The van der Waals surface area contributed by atoms with E-state index in [-0.39, 0.29) is 29.6 Å². The highest BCUT2D eigenvalue weighted by molar-refractivity contribution is 7.99. The van der Waals surface area contributed by atoms with Crippen molar-refractivity contribution in [1.82, 2.24) is 20.2 Å². The number of benzene rings is 2. The van der Waals surface area contributed by atoms with E-state index in [1.54, 1.807) is 19.2 Å². The molecule has 1 aliphatic heterocycles. The Balaban J connectivity index is 1.46. The number of rotatable bonds is 7. The van der Waals surface area contributed by atoms with Gasteiger partial charge in [0.05, 0.1) is 31.7 Å². The van der Waals surface area contributed by atoms with Gasteiger partial charge in [-0.3, -0.25) is 4.79 Å². The number of carbonyl (C=O) groups excluding carboxylic acids is 1. The van der Waals surface area contributed by atoms with Gasteiger partial charge in [-0.05, 0) is 66.3 Å². The number of nitrogens with two attached hydrogens (primary N) is 1. The van der Waals surface area contributed by atoms with Gasteiger partial charge in [0.2, 0.25) is 11.1 Å². The topological polar surface area (TPSA) is 119 Å². The molecule has 5 rings (SSSR count). The van der Waals surface area contributed by atoms with Gasteiger partial charge in [-0.2, -0.15) is 10.1 Å². The second-order valence-corrected chi connectivity index (χ2v) is 9.62. The molecule has 0 bridgehead atoms. The van der Waals surface area contributed by atoms with Crippen LogP contribution in [0.3, 0.4) is 0 Å². The Morgan fingerprint density at radius 2 is 1.83 bits per heavy atom. The van der Waals surface area contributed by atoms with E-state index in [0.29, 0.717) is 5.16 Å². The van der Waals surface area contributed by atoms with E-state index in [0.717, 1.165) is 47.6 Å². The third kappa shape index (κ3) is 4.94. The molecule has 1 saturated carbocycles. The zero-order chi connectivity index (χ0) is 25.1. The quantitative estimate of drug-likeness (QED) is 0.460. The smallest absolute Gasteiger partial charge is 0.253 e. The lowest BCUT2D eigenvalue weighted by Gasteiger charge is -2.29. The third-order valence-electron chi connectivity index (χ3n) is 6.48. The summed E-state index contributed by atoms with van der Waals surface area (Å²) in [6.07, 6.45) is 5.09. The van der Waals surface area contributed by atoms with Gasteiger partial charge in [0.1, 0.15) is 11.5 Å². The number of nitrogens with zero attached hydrogens (tertiary/aromatic N) is 4. The average molecular weight is 505 g/mol. The Hall–Kier alpha value is -3.79. The summed E-state index contributed by atoms with van der Waals surface area (Å²) >= 11 is 1.24. The number of amides is 1. The fourth-order valence-electron chi connectivity index (χ4n) is 4.76. The van der Waals surface area contributed by atoms with Crippen molar-refractivity contribution in [1.29, 1.82) is 0 Å². The van der Waals surface area contributed by atoms with Gasteiger partial charge in [-0.25, -0.2) is 10.1 Å². The zero-order valence-electron chi connectivity index (χ0n) is 20.2. The largest absolute Gasteiger partial charge is 0.497 e. The summed E-state index contributed by atoms with van der Waals surface area (Å²) < 4.78 is 10.6. The molecule has 1 aromatic heterocycles. The van der Waals surface area contributed by atoms with Crippen LogP contribution in [0.2, 0.25) is 0 Å². The van der Waals surface area contributed by atoms with Crippen molar-refractivity contribution in [3.8, 4) is 11.5 Å². The van der Waals surface area contributed by atoms with Crippen LogP contribution in [0.15, 0.2) is 64.4 Å². The van der Waals surface area contributed by atoms with Crippen LogP contribution < -0.4 is 15.2 Å². The lowest BCUT2D eigenvalue weighted by atomic mass is 9.77. The fraction of sp³-hybridized carbons (Fsp3) is 0.308. The standard InChI is InChI=1S/C26H28N6O3S/c1-34-19-10-6-16(7-11-19)14-18-4-3-5-21-23(18)31-32(22(33)15-36-26-28-25(27)29-30-26)24(21)17-8-12-20(35-2)13-9-17/h6-14,21,24H,3-5,15H2,1-2H3,(H3,27,28,29,30)/b18-14-/t21-,24+/m0/s1. The van der Waals surface area contributed by atoms with E-state index in [4.69, 9.17) is 20.3 Å². The predicted octanol–water partition coefficient (Wildman–Crippen LogP) is 4.32. The first-order valence-corrected chi connectivity index (χ1v) is 12.7. The molecule has 0 unspecified atom stereocenters. The molecule has 186 valence electrons. The number of anilines is 1. The van der Waals surface area contributed by atoms with E-state index in [9.17, 15) is 4.79 Å². The second kappa shape index (κ2) is 10.4. The first-order chi connectivity index (χ1) is 17.6. The van der Waals surface area contributed by atoms with E-state index < -0.39 is 0 Å². The molecular weight excluding hydrogens is 476 g/mol. The molecule has 3 aromatic rings. The van der Waals surface area contributed by atoms with Crippen LogP contribution in [0, 0.1) is 5.92 Å². The highest BCUT2D eigenvalue weighted by Gasteiger charge is 2.43. The van der Waals surface area contributed by atoms with Gasteiger partial charge in [0.15, 0.2) is 0 Å². The molecule has 3 N–H and O–H groups in total. The van der Waals surface area contributed by atoms with Gasteiger partial charge >= 0.3 is 0 Å². The molecule has 2 heterocycles. The van der Waals surface area contributed by atoms with Gasteiger partial charge in [-0.15, -0.1) is 5.10 Å². The number of hydrogen-bond donors (Lipinski definition) is 2. The number of thioether (sulfide) groups is 1. The molecule has 2 atom stereocenters. The van der Waals surface area contributed by atoms with E-state index in [2.05, 4.69) is 21.3 Å². The van der Waals surface area contributed by atoms with Crippen LogP contribution in [0.25, 0.3) is 6.08 Å². The highest BCUT2D eigenvalue weighted by atomic mass is 32.2. The molecule has 9 nitrogen and oxygen atoms in total. The van der Waals surface area contributed by atoms with Crippen molar-refractivity contribution in [2.24, 2.45) is 11.0 Å². The first-order valence-electron chi connectivity index (χ1n) is 11.8. The van der Waals surface area contributed by atoms with Crippen molar-refractivity contribution >= 4 is 35.4 Å². The molecule has 2 aliphatic rings. The number of H-pyrrole nitrogens is 1. The minimum atomic E-state index is -0.184. The highest BCUT2D eigenvalue weighted by Crippen LogP contribution is 2.45. The molecule has 0 saturated heterocycles. The monoisotopic (exact) mass is 504 g/mol. The number of ether oxygens (including phenoxy) is 2. The maximum atomic E-state index is 13.5. The Bertz CT molecular complexity index is 1290. The lowest BCUT2D eigenvalue weighted by molar-refractivity contribution is -0.130. The summed E-state index contributed by atoms with van der Waals surface area (Å²) in [6, 6.07) is 15.7. The average Bonchev–Trinajstić information content (AvgIpc) is 3.52. The molecule has 0 spiro atoms. The normalized spacial score (nSPS) is 20.2. The summed E-state index contributed by atoms with van der Waals surface area (Å²) in [5.41, 5.74) is 9.88.